The molecule has 1 aromatic heterocycles. The van der Waals surface area contributed by atoms with Gasteiger partial charge in [0.25, 0.3) is 15.9 Å². The van der Waals surface area contributed by atoms with Gasteiger partial charge >= 0.3 is 0 Å². The number of fused-ring (bicyclic) bond motifs is 1. The minimum absolute atomic E-state index is 0.0581. The monoisotopic (exact) mass is 544 g/mol. The minimum Gasteiger partial charge on any atom is -0.494 e. The molecule has 0 aliphatic carbocycles. The summed E-state index contributed by atoms with van der Waals surface area (Å²) < 4.78 is 34.5. The van der Waals surface area contributed by atoms with Crippen LogP contribution in [0.3, 0.4) is 0 Å². The number of hydrogen-bond donors (Lipinski definition) is 1. The third-order valence-electron chi connectivity index (χ3n) is 6.71. The summed E-state index contributed by atoms with van der Waals surface area (Å²) in [6.45, 7) is 6.43. The van der Waals surface area contributed by atoms with Crippen molar-refractivity contribution in [2.24, 2.45) is 0 Å². The number of ether oxygens (including phenoxy) is 1. The highest BCUT2D eigenvalue weighted by Crippen LogP contribution is 2.24. The summed E-state index contributed by atoms with van der Waals surface area (Å²) in [5, 5.41) is 0.746. The lowest BCUT2D eigenvalue weighted by Gasteiger charge is -2.34. The normalized spacial score (nSPS) is 14.3. The predicted octanol–water partition coefficient (Wildman–Crippen LogP) is 4.78. The molecule has 1 amide bonds. The van der Waals surface area contributed by atoms with Gasteiger partial charge < -0.3 is 9.64 Å². The van der Waals surface area contributed by atoms with Gasteiger partial charge in [-0.25, -0.2) is 8.42 Å². The lowest BCUT2D eigenvalue weighted by molar-refractivity contribution is 0.0628. The van der Waals surface area contributed by atoms with Crippen LogP contribution in [0.15, 0.2) is 90.0 Å². The molecule has 2 heterocycles. The van der Waals surface area contributed by atoms with E-state index in [4.69, 9.17) is 4.74 Å². The van der Waals surface area contributed by atoms with Crippen LogP contribution in [0.25, 0.3) is 10.9 Å². The molecule has 4 aromatic rings. The molecule has 0 unspecified atom stereocenters. The number of hydrogen-bond acceptors (Lipinski definition) is 6. The quantitative estimate of drug-likeness (QED) is 0.326. The molecule has 3 aromatic carbocycles. The van der Waals surface area contributed by atoms with Crippen LogP contribution in [0.4, 0.5) is 5.69 Å². The number of para-hydroxylation sites is 1. The zero-order valence-corrected chi connectivity index (χ0v) is 22.7. The molecule has 1 saturated heterocycles. The van der Waals surface area contributed by atoms with Crippen LogP contribution in [0, 0.1) is 0 Å². The number of amides is 1. The third kappa shape index (κ3) is 6.38. The zero-order valence-electron chi connectivity index (χ0n) is 21.9. The van der Waals surface area contributed by atoms with Crippen molar-refractivity contribution in [1.29, 1.82) is 0 Å². The smallest absolute Gasteiger partial charge is 0.264 e. The number of rotatable bonds is 9. The van der Waals surface area contributed by atoms with E-state index in [1.807, 2.05) is 29.2 Å². The number of carbonyl (C=O) groups is 1. The fourth-order valence-corrected chi connectivity index (χ4v) is 5.93. The van der Waals surface area contributed by atoms with Gasteiger partial charge in [0.1, 0.15) is 10.6 Å². The van der Waals surface area contributed by atoms with Crippen molar-refractivity contribution in [2.45, 2.75) is 24.8 Å². The van der Waals surface area contributed by atoms with E-state index < -0.39 is 10.0 Å². The molecule has 1 aliphatic rings. The van der Waals surface area contributed by atoms with Gasteiger partial charge in [-0.1, -0.05) is 37.3 Å². The highest BCUT2D eigenvalue weighted by Gasteiger charge is 2.23. The third-order valence-corrected chi connectivity index (χ3v) is 8.12. The molecule has 39 heavy (non-hydrogen) atoms. The molecule has 0 saturated carbocycles. The van der Waals surface area contributed by atoms with Crippen LogP contribution < -0.4 is 9.46 Å². The summed E-state index contributed by atoms with van der Waals surface area (Å²) in [7, 11) is -3.85. The maximum absolute atomic E-state index is 13.1. The highest BCUT2D eigenvalue weighted by molar-refractivity contribution is 7.93. The van der Waals surface area contributed by atoms with Crippen molar-refractivity contribution in [2.75, 3.05) is 37.5 Å². The van der Waals surface area contributed by atoms with Crippen molar-refractivity contribution in [3.8, 4) is 5.75 Å². The van der Waals surface area contributed by atoms with Crippen molar-refractivity contribution >= 4 is 32.5 Å². The summed E-state index contributed by atoms with van der Waals surface area (Å²) in [5.74, 6) is 0.833. The number of benzene rings is 3. The molecule has 1 N–H and O–H groups in total. The topological polar surface area (TPSA) is 91.8 Å². The van der Waals surface area contributed by atoms with Crippen LogP contribution in [0.5, 0.6) is 5.75 Å². The molecule has 0 atom stereocenters. The Hall–Kier alpha value is -3.95. The molecule has 1 fully saturated rings. The van der Waals surface area contributed by atoms with Crippen molar-refractivity contribution in [1.82, 2.24) is 14.8 Å². The van der Waals surface area contributed by atoms with Crippen molar-refractivity contribution < 1.29 is 17.9 Å². The van der Waals surface area contributed by atoms with E-state index >= 15 is 0 Å². The average Bonchev–Trinajstić information content (AvgIpc) is 2.96. The second-order valence-electron chi connectivity index (χ2n) is 9.58. The van der Waals surface area contributed by atoms with E-state index in [1.54, 1.807) is 42.6 Å². The van der Waals surface area contributed by atoms with E-state index in [2.05, 4.69) is 33.7 Å². The number of piperazine rings is 1. The Morgan fingerprint density at radius 3 is 2.46 bits per heavy atom. The van der Waals surface area contributed by atoms with Gasteiger partial charge in [-0.05, 0) is 60.5 Å². The number of nitrogens with zero attached hydrogens (tertiary/aromatic N) is 3. The largest absolute Gasteiger partial charge is 0.494 e. The first kappa shape index (κ1) is 26.6. The number of aromatic nitrogens is 1. The number of anilines is 1. The summed E-state index contributed by atoms with van der Waals surface area (Å²) >= 11 is 0. The van der Waals surface area contributed by atoms with E-state index in [0.29, 0.717) is 36.5 Å². The summed E-state index contributed by atoms with van der Waals surface area (Å²) in [6, 6.07) is 23.4. The average molecular weight is 545 g/mol. The van der Waals surface area contributed by atoms with Gasteiger partial charge in [0.05, 0.1) is 12.1 Å². The van der Waals surface area contributed by atoms with Crippen molar-refractivity contribution in [3.63, 3.8) is 0 Å². The molecule has 8 nitrogen and oxygen atoms in total. The number of pyridine rings is 1. The molecule has 5 rings (SSSR count). The molecule has 9 heteroatoms. The van der Waals surface area contributed by atoms with Gasteiger partial charge in [-0.2, -0.15) is 0 Å². The zero-order chi connectivity index (χ0) is 27.2. The summed E-state index contributed by atoms with van der Waals surface area (Å²) in [5.41, 5.74) is 2.52. The highest BCUT2D eigenvalue weighted by atomic mass is 32.2. The maximum Gasteiger partial charge on any atom is 0.264 e. The predicted molar refractivity (Wildman–Crippen MR) is 152 cm³/mol. The first-order valence-corrected chi connectivity index (χ1v) is 14.6. The Bertz CT molecular complexity index is 1540. The molecular formula is C30H32N4O4S. The first-order valence-electron chi connectivity index (χ1n) is 13.1. The first-order chi connectivity index (χ1) is 18.9. The van der Waals surface area contributed by atoms with Crippen LogP contribution >= 0.6 is 0 Å². The summed E-state index contributed by atoms with van der Waals surface area (Å²) in [6.07, 6.45) is 2.55. The Balaban J connectivity index is 1.18. The van der Waals surface area contributed by atoms with Gasteiger partial charge in [-0.3, -0.25) is 19.4 Å². The Morgan fingerprint density at radius 2 is 1.69 bits per heavy atom. The van der Waals surface area contributed by atoms with Crippen LogP contribution in [-0.4, -0.2) is 61.9 Å². The Labute approximate surface area is 229 Å². The van der Waals surface area contributed by atoms with Crippen LogP contribution in [-0.2, 0) is 16.6 Å². The fourth-order valence-electron chi connectivity index (χ4n) is 4.69. The van der Waals surface area contributed by atoms with Gasteiger partial charge in [0.15, 0.2) is 0 Å². The maximum atomic E-state index is 13.1. The van der Waals surface area contributed by atoms with Crippen molar-refractivity contribution in [3.05, 3.63) is 96.2 Å². The van der Waals surface area contributed by atoms with E-state index in [-0.39, 0.29) is 10.8 Å². The van der Waals surface area contributed by atoms with E-state index in [9.17, 15) is 13.2 Å². The van der Waals surface area contributed by atoms with Crippen LogP contribution in [0.1, 0.15) is 29.3 Å². The Morgan fingerprint density at radius 1 is 0.949 bits per heavy atom. The summed E-state index contributed by atoms with van der Waals surface area (Å²) in [4.78, 5) is 21.7. The molecule has 202 valence electrons. The van der Waals surface area contributed by atoms with Gasteiger partial charge in [0, 0.05) is 55.6 Å². The van der Waals surface area contributed by atoms with Crippen LogP contribution in [0.2, 0.25) is 0 Å². The minimum atomic E-state index is -3.85. The molecule has 1 aliphatic heterocycles. The van der Waals surface area contributed by atoms with Gasteiger partial charge in [-0.15, -0.1) is 0 Å². The number of sulfonamides is 1. The van der Waals surface area contributed by atoms with E-state index in [0.717, 1.165) is 37.2 Å². The molecular weight excluding hydrogens is 512 g/mol. The van der Waals surface area contributed by atoms with Gasteiger partial charge in [0.2, 0.25) is 0 Å². The molecule has 0 radical (unpaired) electrons. The second-order valence-corrected chi connectivity index (χ2v) is 11.2. The van der Waals surface area contributed by atoms with E-state index in [1.165, 1.54) is 11.6 Å². The number of nitrogens with one attached hydrogen (secondary N) is 1. The molecule has 0 bridgehead atoms. The number of carbonyl (C=O) groups excluding carboxylic acids is 1. The lowest BCUT2D eigenvalue weighted by Crippen LogP contribution is -2.48. The second kappa shape index (κ2) is 11.8. The SMILES string of the molecule is CCCOc1cccc(CN2CCN(C(=O)c3ccc(NS(=O)(=O)c4cccc5cccnc45)cc3)CC2)c1. The lowest BCUT2D eigenvalue weighted by atomic mass is 10.1. The molecule has 0 spiro atoms. The fraction of sp³-hybridized carbons (Fsp3) is 0.267. The standard InChI is InChI=1S/C30H32N4O4S/c1-2-20-38-27-9-3-6-23(21-27)22-33-16-18-34(19-17-33)30(35)25-11-13-26(14-12-25)32-39(36,37)28-10-4-7-24-8-5-15-31-29(24)28/h3-15,21,32H,2,16-20,22H2,1H3. The Kier molecular flexibility index (Phi) is 8.09.